The number of nitrogens with zero attached hydrogens (tertiary/aromatic N) is 2. The molecule has 0 saturated carbocycles. The summed E-state index contributed by atoms with van der Waals surface area (Å²) in [5.41, 5.74) is 2.23. The highest BCUT2D eigenvalue weighted by molar-refractivity contribution is 7.98. The van der Waals surface area contributed by atoms with Gasteiger partial charge in [0.25, 0.3) is 0 Å². The molecule has 2 amide bonds. The number of rotatable bonds is 6. The van der Waals surface area contributed by atoms with E-state index in [1.807, 2.05) is 6.26 Å². The molecule has 2 heterocycles. The minimum Gasteiger partial charge on any atom is -0.467 e. The molecule has 0 spiro atoms. The Morgan fingerprint density at radius 3 is 3.04 bits per heavy atom. The Kier molecular flexibility index (Phi) is 6.56. The van der Waals surface area contributed by atoms with Crippen molar-refractivity contribution in [1.82, 2.24) is 20.2 Å². The Labute approximate surface area is 167 Å². The minimum atomic E-state index is -0.737. The molecule has 1 aliphatic rings. The van der Waals surface area contributed by atoms with E-state index >= 15 is 0 Å². The lowest BCUT2D eigenvalue weighted by Crippen LogP contribution is -2.51. The van der Waals surface area contributed by atoms with Crippen molar-refractivity contribution in [2.45, 2.75) is 24.9 Å². The molecular weight excluding hydrogens is 383 g/mol. The summed E-state index contributed by atoms with van der Waals surface area (Å²) < 4.78 is 18.7. The molecule has 2 N–H and O–H groups in total. The van der Waals surface area contributed by atoms with Gasteiger partial charge >= 0.3 is 12.0 Å². The monoisotopic (exact) mass is 406 g/mol. The Balaban J connectivity index is 1.88. The lowest BCUT2D eigenvalue weighted by molar-refractivity contribution is -0.142. The Bertz CT molecular complexity index is 844. The van der Waals surface area contributed by atoms with Crippen molar-refractivity contribution in [3.05, 3.63) is 53.4 Å². The first kappa shape index (κ1) is 20.2. The number of hydrogen-bond acceptors (Lipinski definition) is 5. The summed E-state index contributed by atoms with van der Waals surface area (Å²) in [6, 6.07) is 4.46. The number of nitrogens with one attached hydrogen (secondary N) is 2. The molecule has 1 aromatic heterocycles. The molecule has 0 fully saturated rings. The number of methoxy groups -OCH3 is 1. The van der Waals surface area contributed by atoms with Crippen molar-refractivity contribution in [1.29, 1.82) is 0 Å². The van der Waals surface area contributed by atoms with Crippen LogP contribution in [0.1, 0.15) is 29.4 Å². The lowest BCUT2D eigenvalue weighted by Gasteiger charge is -2.36. The molecule has 0 unspecified atom stereocenters. The van der Waals surface area contributed by atoms with Gasteiger partial charge in [-0.25, -0.2) is 19.0 Å². The summed E-state index contributed by atoms with van der Waals surface area (Å²) in [7, 11) is 1.30. The second-order valence-electron chi connectivity index (χ2n) is 6.47. The third-order valence-electron chi connectivity index (χ3n) is 4.74. The van der Waals surface area contributed by atoms with Crippen LogP contribution in [0.3, 0.4) is 0 Å². The first-order valence-electron chi connectivity index (χ1n) is 8.96. The van der Waals surface area contributed by atoms with Crippen LogP contribution in [0.2, 0.25) is 0 Å². The number of fused-ring (bicyclic) bond motifs is 1. The SMILES string of the molecule is COC(=O)[C@@H](CCSC)NC(=O)N1CCc2[nH]cnc2[C@@H]1c1cccc(F)c1. The van der Waals surface area contributed by atoms with Crippen LogP contribution in [0.25, 0.3) is 0 Å². The molecule has 28 heavy (non-hydrogen) atoms. The predicted molar refractivity (Wildman–Crippen MR) is 105 cm³/mol. The Morgan fingerprint density at radius 1 is 1.50 bits per heavy atom. The number of esters is 1. The van der Waals surface area contributed by atoms with Crippen LogP contribution in [0.15, 0.2) is 30.6 Å². The third-order valence-corrected chi connectivity index (χ3v) is 5.39. The number of halogens is 1. The van der Waals surface area contributed by atoms with Gasteiger partial charge in [0.1, 0.15) is 17.9 Å². The predicted octanol–water partition coefficient (Wildman–Crippen LogP) is 2.50. The molecule has 1 aromatic carbocycles. The highest BCUT2D eigenvalue weighted by atomic mass is 32.2. The highest BCUT2D eigenvalue weighted by Gasteiger charge is 2.35. The van der Waals surface area contributed by atoms with E-state index < -0.39 is 24.1 Å². The summed E-state index contributed by atoms with van der Waals surface area (Å²) >= 11 is 1.58. The second kappa shape index (κ2) is 9.09. The number of hydrogen-bond donors (Lipinski definition) is 2. The second-order valence-corrected chi connectivity index (χ2v) is 7.46. The summed E-state index contributed by atoms with van der Waals surface area (Å²) in [4.78, 5) is 34.2. The average Bonchev–Trinajstić information content (AvgIpc) is 3.18. The quantitative estimate of drug-likeness (QED) is 0.720. The molecule has 0 radical (unpaired) electrons. The number of benzene rings is 1. The number of amides is 2. The fourth-order valence-corrected chi connectivity index (χ4v) is 3.84. The maximum atomic E-state index is 13.8. The largest absolute Gasteiger partial charge is 0.467 e. The number of imidazole rings is 1. The maximum Gasteiger partial charge on any atom is 0.328 e. The van der Waals surface area contributed by atoms with Gasteiger partial charge in [0.15, 0.2) is 0 Å². The number of urea groups is 1. The van der Waals surface area contributed by atoms with Crippen molar-refractivity contribution in [3.8, 4) is 0 Å². The van der Waals surface area contributed by atoms with E-state index in [-0.39, 0.29) is 5.82 Å². The number of aromatic nitrogens is 2. The van der Waals surface area contributed by atoms with E-state index in [0.29, 0.717) is 36.4 Å². The van der Waals surface area contributed by atoms with E-state index in [4.69, 9.17) is 4.74 Å². The molecule has 2 atom stereocenters. The van der Waals surface area contributed by atoms with Gasteiger partial charge in [-0.2, -0.15) is 11.8 Å². The molecule has 2 aromatic rings. The van der Waals surface area contributed by atoms with Crippen LogP contribution < -0.4 is 5.32 Å². The van der Waals surface area contributed by atoms with Crippen molar-refractivity contribution < 1.29 is 18.7 Å². The number of carbonyl (C=O) groups is 2. The third kappa shape index (κ3) is 4.30. The van der Waals surface area contributed by atoms with Crippen molar-refractivity contribution in [3.63, 3.8) is 0 Å². The van der Waals surface area contributed by atoms with Crippen LogP contribution in [0, 0.1) is 5.82 Å². The molecule has 0 bridgehead atoms. The molecule has 150 valence electrons. The number of thioether (sulfide) groups is 1. The van der Waals surface area contributed by atoms with E-state index in [1.165, 1.54) is 19.2 Å². The number of carbonyl (C=O) groups excluding carboxylic acids is 2. The van der Waals surface area contributed by atoms with Gasteiger partial charge in [-0.1, -0.05) is 12.1 Å². The minimum absolute atomic E-state index is 0.382. The normalized spacial score (nSPS) is 17.0. The van der Waals surface area contributed by atoms with Gasteiger partial charge in [0.05, 0.1) is 19.1 Å². The molecule has 0 saturated heterocycles. The van der Waals surface area contributed by atoms with E-state index in [9.17, 15) is 14.0 Å². The lowest BCUT2D eigenvalue weighted by atomic mass is 9.96. The fraction of sp³-hybridized carbons (Fsp3) is 0.421. The zero-order valence-electron chi connectivity index (χ0n) is 15.8. The summed E-state index contributed by atoms with van der Waals surface area (Å²) in [5, 5.41) is 2.78. The first-order chi connectivity index (χ1) is 13.5. The molecule has 0 aliphatic carbocycles. The van der Waals surface area contributed by atoms with Crippen LogP contribution >= 0.6 is 11.8 Å². The van der Waals surface area contributed by atoms with E-state index in [1.54, 1.807) is 35.1 Å². The van der Waals surface area contributed by atoms with Gasteiger partial charge in [-0.3, -0.25) is 0 Å². The summed E-state index contributed by atoms with van der Waals surface area (Å²) in [6.45, 7) is 0.415. The molecule has 9 heteroatoms. The van der Waals surface area contributed by atoms with Crippen molar-refractivity contribution in [2.24, 2.45) is 0 Å². The van der Waals surface area contributed by atoms with Crippen LogP contribution in [0.5, 0.6) is 0 Å². The highest BCUT2D eigenvalue weighted by Crippen LogP contribution is 2.33. The topological polar surface area (TPSA) is 87.3 Å². The van der Waals surface area contributed by atoms with Gasteiger partial charge < -0.3 is 19.9 Å². The zero-order chi connectivity index (χ0) is 20.1. The van der Waals surface area contributed by atoms with Crippen LogP contribution in [0.4, 0.5) is 9.18 Å². The van der Waals surface area contributed by atoms with Crippen molar-refractivity contribution >= 4 is 23.8 Å². The summed E-state index contributed by atoms with van der Waals surface area (Å²) in [6.07, 6.45) is 4.57. The van der Waals surface area contributed by atoms with Crippen molar-refractivity contribution in [2.75, 3.05) is 25.7 Å². The van der Waals surface area contributed by atoms with Crippen LogP contribution in [-0.4, -0.2) is 58.6 Å². The van der Waals surface area contributed by atoms with Gasteiger partial charge in [-0.15, -0.1) is 0 Å². The standard InChI is InChI=1S/C19H23FN4O3S/c1-27-18(25)15(7-9-28-2)23-19(26)24-8-6-14-16(22-11-21-14)17(24)12-4-3-5-13(20)10-12/h3-5,10-11,15,17H,6-9H2,1-2H3,(H,21,22)(H,23,26)/t15-,17+/m1/s1. The van der Waals surface area contributed by atoms with Gasteiger partial charge in [0.2, 0.25) is 0 Å². The molecule has 1 aliphatic heterocycles. The molecular formula is C19H23FN4O3S. The van der Waals surface area contributed by atoms with Gasteiger partial charge in [0, 0.05) is 18.7 Å². The average molecular weight is 406 g/mol. The molecule has 7 nitrogen and oxygen atoms in total. The maximum absolute atomic E-state index is 13.8. The number of H-pyrrole nitrogens is 1. The zero-order valence-corrected chi connectivity index (χ0v) is 16.6. The Hall–Kier alpha value is -2.55. The van der Waals surface area contributed by atoms with E-state index in [2.05, 4.69) is 15.3 Å². The van der Waals surface area contributed by atoms with E-state index in [0.717, 1.165) is 5.69 Å². The Morgan fingerprint density at radius 2 is 2.32 bits per heavy atom. The first-order valence-corrected chi connectivity index (χ1v) is 10.4. The van der Waals surface area contributed by atoms with Gasteiger partial charge in [-0.05, 0) is 36.1 Å². The number of aromatic amines is 1. The number of ether oxygens (including phenoxy) is 1. The molecule has 3 rings (SSSR count). The fourth-order valence-electron chi connectivity index (χ4n) is 3.37. The summed E-state index contributed by atoms with van der Waals surface area (Å²) in [5.74, 6) is -0.160. The van der Waals surface area contributed by atoms with Crippen LogP contribution in [-0.2, 0) is 16.0 Å². The smallest absolute Gasteiger partial charge is 0.328 e.